The molecule has 9 nitrogen and oxygen atoms in total. The molecule has 0 saturated heterocycles. The summed E-state index contributed by atoms with van der Waals surface area (Å²) in [6.07, 6.45) is -0.399. The SMILES string of the molecule is O=C(CI)OCCOCC(COCCOC(=O)CI)OCCOC(=O)CI. The minimum absolute atomic E-state index is 0.138. The Bertz CT molecular complexity index is 397. The molecule has 0 N–H and O–H groups in total. The molecule has 0 saturated carbocycles. The lowest BCUT2D eigenvalue weighted by Crippen LogP contribution is -2.29. The van der Waals surface area contributed by atoms with Crippen LogP contribution in [-0.4, -0.2) is 90.1 Å². The maximum Gasteiger partial charge on any atom is 0.315 e. The molecule has 0 fully saturated rings. The Morgan fingerprint density at radius 1 is 0.593 bits per heavy atom. The molecule has 0 aromatic rings. The quantitative estimate of drug-likeness (QED) is 0.0722. The van der Waals surface area contributed by atoms with Gasteiger partial charge in [0.15, 0.2) is 0 Å². The first-order valence-electron chi connectivity index (χ1n) is 7.95. The standard InChI is InChI=1S/C15H23I3O9/c16-7-13(19)25-3-1-22-10-12(24-5-6-27-15(21)9-18)11-23-2-4-26-14(20)8-17/h12H,1-11H2. The van der Waals surface area contributed by atoms with Crippen LogP contribution in [0.15, 0.2) is 0 Å². The van der Waals surface area contributed by atoms with E-state index in [4.69, 9.17) is 28.4 Å². The molecule has 0 unspecified atom stereocenters. The fraction of sp³-hybridized carbons (Fsp3) is 0.800. The highest BCUT2D eigenvalue weighted by molar-refractivity contribution is 14.1. The third kappa shape index (κ3) is 18.3. The van der Waals surface area contributed by atoms with E-state index in [0.717, 1.165) is 0 Å². The van der Waals surface area contributed by atoms with Crippen molar-refractivity contribution >= 4 is 85.7 Å². The van der Waals surface area contributed by atoms with Crippen LogP contribution in [0.2, 0.25) is 0 Å². The van der Waals surface area contributed by atoms with E-state index in [-0.39, 0.29) is 84.0 Å². The lowest BCUT2D eigenvalue weighted by molar-refractivity contribution is -0.146. The van der Waals surface area contributed by atoms with Crippen molar-refractivity contribution in [2.45, 2.75) is 6.10 Å². The molecule has 0 aromatic heterocycles. The number of esters is 3. The molecule has 0 atom stereocenters. The summed E-state index contributed by atoms with van der Waals surface area (Å²) < 4.78 is 32.0. The summed E-state index contributed by atoms with van der Waals surface area (Å²) in [6.45, 7) is 1.57. The summed E-state index contributed by atoms with van der Waals surface area (Å²) in [5.41, 5.74) is 0. The molecule has 0 amide bonds. The van der Waals surface area contributed by atoms with E-state index < -0.39 is 6.10 Å². The second kappa shape index (κ2) is 19.8. The van der Waals surface area contributed by atoms with Crippen LogP contribution in [0.5, 0.6) is 0 Å². The summed E-state index contributed by atoms with van der Waals surface area (Å²) >= 11 is 5.76. The van der Waals surface area contributed by atoms with Crippen molar-refractivity contribution in [3.8, 4) is 0 Å². The second-order valence-corrected chi connectivity index (χ2v) is 6.99. The lowest BCUT2D eigenvalue weighted by atomic mass is 10.4. The molecular weight excluding hydrogens is 705 g/mol. The normalized spacial score (nSPS) is 10.7. The third-order valence-corrected chi connectivity index (χ3v) is 4.48. The summed E-state index contributed by atoms with van der Waals surface area (Å²) in [6, 6.07) is 0. The monoisotopic (exact) mass is 728 g/mol. The average molecular weight is 728 g/mol. The van der Waals surface area contributed by atoms with Crippen LogP contribution >= 0.6 is 67.8 Å². The number of carbonyl (C=O) groups is 3. The van der Waals surface area contributed by atoms with E-state index in [1.165, 1.54) is 0 Å². The summed E-state index contributed by atoms with van der Waals surface area (Å²) in [5, 5.41) is 0. The van der Waals surface area contributed by atoms with Gasteiger partial charge in [-0.2, -0.15) is 0 Å². The van der Waals surface area contributed by atoms with E-state index in [1.807, 2.05) is 67.8 Å². The molecular formula is C15H23I3O9. The van der Waals surface area contributed by atoms with Gasteiger partial charge in [-0.3, -0.25) is 14.4 Å². The van der Waals surface area contributed by atoms with E-state index in [2.05, 4.69) is 0 Å². The van der Waals surface area contributed by atoms with Crippen LogP contribution in [0.4, 0.5) is 0 Å². The van der Waals surface area contributed by atoms with Gasteiger partial charge in [0.25, 0.3) is 0 Å². The molecule has 12 heteroatoms. The molecule has 158 valence electrons. The highest BCUT2D eigenvalue weighted by Gasteiger charge is 2.11. The Kier molecular flexibility index (Phi) is 20.1. The number of ether oxygens (including phenoxy) is 6. The van der Waals surface area contributed by atoms with Crippen LogP contribution in [0.3, 0.4) is 0 Å². The third-order valence-electron chi connectivity index (χ3n) is 2.62. The van der Waals surface area contributed by atoms with E-state index in [9.17, 15) is 14.4 Å². The van der Waals surface area contributed by atoms with Crippen LogP contribution < -0.4 is 0 Å². The van der Waals surface area contributed by atoms with Gasteiger partial charge in [0.05, 0.1) is 46.3 Å². The first kappa shape index (κ1) is 27.5. The van der Waals surface area contributed by atoms with Gasteiger partial charge in [0.2, 0.25) is 0 Å². The van der Waals surface area contributed by atoms with Crippen molar-refractivity contribution in [3.63, 3.8) is 0 Å². The van der Waals surface area contributed by atoms with Crippen LogP contribution in [-0.2, 0) is 42.8 Å². The van der Waals surface area contributed by atoms with Crippen molar-refractivity contribution < 1.29 is 42.8 Å². The van der Waals surface area contributed by atoms with Gasteiger partial charge in [-0.25, -0.2) is 0 Å². The van der Waals surface area contributed by atoms with Gasteiger partial charge < -0.3 is 28.4 Å². The minimum atomic E-state index is -0.399. The molecule has 0 rings (SSSR count). The Hall–Kier alpha value is 0.480. The summed E-state index contributed by atoms with van der Waals surface area (Å²) in [7, 11) is 0. The fourth-order valence-corrected chi connectivity index (χ4v) is 2.15. The average Bonchev–Trinajstić information content (AvgIpc) is 2.68. The lowest BCUT2D eigenvalue weighted by Gasteiger charge is -2.18. The number of alkyl halides is 3. The van der Waals surface area contributed by atoms with Crippen LogP contribution in [0.25, 0.3) is 0 Å². The summed E-state index contributed by atoms with van der Waals surface area (Å²) in [5.74, 6) is -0.903. The van der Waals surface area contributed by atoms with Gasteiger partial charge in [-0.05, 0) is 0 Å². The highest BCUT2D eigenvalue weighted by Crippen LogP contribution is 1.98. The molecule has 0 radical (unpaired) electrons. The topological polar surface area (TPSA) is 107 Å². The molecule has 0 aliphatic carbocycles. The van der Waals surface area contributed by atoms with Gasteiger partial charge >= 0.3 is 17.9 Å². The number of carbonyl (C=O) groups excluding carboxylic acids is 3. The number of hydrogen-bond donors (Lipinski definition) is 0. The van der Waals surface area contributed by atoms with Crippen molar-refractivity contribution in [1.82, 2.24) is 0 Å². The number of halogens is 3. The molecule has 0 aliphatic heterocycles. The van der Waals surface area contributed by atoms with Gasteiger partial charge in [-0.1, -0.05) is 67.8 Å². The van der Waals surface area contributed by atoms with E-state index >= 15 is 0 Å². The van der Waals surface area contributed by atoms with Crippen LogP contribution in [0, 0.1) is 0 Å². The predicted octanol–water partition coefficient (Wildman–Crippen LogP) is 1.34. The molecule has 0 aromatic carbocycles. The van der Waals surface area contributed by atoms with Gasteiger partial charge in [-0.15, -0.1) is 0 Å². The van der Waals surface area contributed by atoms with Crippen molar-refractivity contribution in [3.05, 3.63) is 0 Å². The first-order valence-corrected chi connectivity index (χ1v) is 12.5. The number of rotatable bonds is 17. The Balaban J connectivity index is 4.02. The molecule has 0 spiro atoms. The maximum atomic E-state index is 11.1. The van der Waals surface area contributed by atoms with E-state index in [0.29, 0.717) is 0 Å². The fourth-order valence-electron chi connectivity index (χ4n) is 1.49. The Morgan fingerprint density at radius 2 is 0.963 bits per heavy atom. The molecule has 0 aliphatic rings. The first-order chi connectivity index (χ1) is 13.0. The van der Waals surface area contributed by atoms with Gasteiger partial charge in [0, 0.05) is 0 Å². The Labute approximate surface area is 199 Å². The highest BCUT2D eigenvalue weighted by atomic mass is 127. The predicted molar refractivity (Wildman–Crippen MR) is 121 cm³/mol. The zero-order chi connectivity index (χ0) is 20.3. The molecule has 0 heterocycles. The van der Waals surface area contributed by atoms with Crippen molar-refractivity contribution in [1.29, 1.82) is 0 Å². The van der Waals surface area contributed by atoms with Gasteiger partial charge in [0.1, 0.15) is 25.9 Å². The second-order valence-electron chi connectivity index (χ2n) is 4.70. The van der Waals surface area contributed by atoms with Crippen molar-refractivity contribution in [2.75, 3.05) is 66.1 Å². The maximum absolute atomic E-state index is 11.1. The zero-order valence-electron chi connectivity index (χ0n) is 14.7. The zero-order valence-corrected chi connectivity index (χ0v) is 21.1. The summed E-state index contributed by atoms with van der Waals surface area (Å²) in [4.78, 5) is 33.1. The van der Waals surface area contributed by atoms with Crippen molar-refractivity contribution in [2.24, 2.45) is 0 Å². The number of hydrogen-bond acceptors (Lipinski definition) is 9. The smallest absolute Gasteiger partial charge is 0.315 e. The largest absolute Gasteiger partial charge is 0.463 e. The van der Waals surface area contributed by atoms with E-state index in [1.54, 1.807) is 0 Å². The van der Waals surface area contributed by atoms with Crippen LogP contribution in [0.1, 0.15) is 0 Å². The minimum Gasteiger partial charge on any atom is -0.463 e. The molecule has 0 bridgehead atoms. The molecule has 27 heavy (non-hydrogen) atoms. The Morgan fingerprint density at radius 3 is 1.33 bits per heavy atom.